The Morgan fingerprint density at radius 2 is 1.83 bits per heavy atom. The molecule has 6 heteroatoms. The molecule has 1 aliphatic heterocycles. The summed E-state index contributed by atoms with van der Waals surface area (Å²) in [6, 6.07) is 5.45. The molecule has 0 radical (unpaired) electrons. The third-order valence-electron chi connectivity index (χ3n) is 4.03. The van der Waals surface area contributed by atoms with Gasteiger partial charge in [0.1, 0.15) is 0 Å². The van der Waals surface area contributed by atoms with Crippen molar-refractivity contribution in [3.8, 4) is 11.5 Å². The van der Waals surface area contributed by atoms with E-state index in [9.17, 15) is 9.59 Å². The predicted octanol–water partition coefficient (Wildman–Crippen LogP) is 1.44. The van der Waals surface area contributed by atoms with Crippen LogP contribution in [-0.4, -0.2) is 44.0 Å². The van der Waals surface area contributed by atoms with Gasteiger partial charge in [-0.05, 0) is 36.6 Å². The number of hydrogen-bond acceptors (Lipinski definition) is 4. The van der Waals surface area contributed by atoms with Crippen LogP contribution in [0, 0.1) is 5.92 Å². The van der Waals surface area contributed by atoms with Gasteiger partial charge >= 0.3 is 0 Å². The number of piperidine rings is 1. The summed E-state index contributed by atoms with van der Waals surface area (Å²) in [5.41, 5.74) is 6.15. The molecular weight excluding hydrogens is 296 g/mol. The number of benzene rings is 1. The SMILES string of the molecule is COc1ccc(/C=C/C(=O)N2CCC(C(N)=O)CC2)cc1OC. The van der Waals surface area contributed by atoms with Crippen LogP contribution >= 0.6 is 0 Å². The van der Waals surface area contributed by atoms with Crippen LogP contribution in [-0.2, 0) is 9.59 Å². The largest absolute Gasteiger partial charge is 0.493 e. The van der Waals surface area contributed by atoms with Gasteiger partial charge in [-0.1, -0.05) is 6.07 Å². The Hall–Kier alpha value is -2.50. The normalized spacial score (nSPS) is 15.7. The van der Waals surface area contributed by atoms with Crippen LogP contribution in [0.5, 0.6) is 11.5 Å². The monoisotopic (exact) mass is 318 g/mol. The van der Waals surface area contributed by atoms with Gasteiger partial charge in [-0.3, -0.25) is 9.59 Å². The number of carbonyl (C=O) groups excluding carboxylic acids is 2. The minimum absolute atomic E-state index is 0.0669. The summed E-state index contributed by atoms with van der Waals surface area (Å²) in [6.07, 6.45) is 4.53. The predicted molar refractivity (Wildman–Crippen MR) is 87.1 cm³/mol. The number of rotatable bonds is 5. The van der Waals surface area contributed by atoms with E-state index >= 15 is 0 Å². The van der Waals surface area contributed by atoms with Crippen molar-refractivity contribution in [2.45, 2.75) is 12.8 Å². The van der Waals surface area contributed by atoms with Gasteiger partial charge in [0.25, 0.3) is 0 Å². The first-order valence-corrected chi connectivity index (χ1v) is 7.53. The van der Waals surface area contributed by atoms with Crippen molar-refractivity contribution in [3.05, 3.63) is 29.8 Å². The van der Waals surface area contributed by atoms with Crippen molar-refractivity contribution in [1.29, 1.82) is 0 Å². The minimum atomic E-state index is -0.280. The van der Waals surface area contributed by atoms with Gasteiger partial charge in [0.15, 0.2) is 11.5 Å². The van der Waals surface area contributed by atoms with Crippen LogP contribution < -0.4 is 15.2 Å². The number of primary amides is 1. The van der Waals surface area contributed by atoms with Gasteiger partial charge in [-0.2, -0.15) is 0 Å². The van der Waals surface area contributed by atoms with E-state index in [1.807, 2.05) is 12.1 Å². The van der Waals surface area contributed by atoms with Crippen LogP contribution in [0.4, 0.5) is 0 Å². The molecule has 2 N–H and O–H groups in total. The van der Waals surface area contributed by atoms with E-state index in [0.29, 0.717) is 37.4 Å². The summed E-state index contributed by atoms with van der Waals surface area (Å²) in [6.45, 7) is 1.12. The van der Waals surface area contributed by atoms with Crippen LogP contribution in [0.1, 0.15) is 18.4 Å². The quantitative estimate of drug-likeness (QED) is 0.833. The molecule has 1 aromatic carbocycles. The number of carbonyl (C=O) groups is 2. The lowest BCUT2D eigenvalue weighted by molar-refractivity contribution is -0.130. The van der Waals surface area contributed by atoms with Gasteiger partial charge in [0.05, 0.1) is 14.2 Å². The van der Waals surface area contributed by atoms with Gasteiger partial charge in [0, 0.05) is 25.1 Å². The molecule has 0 saturated carbocycles. The molecule has 0 bridgehead atoms. The summed E-state index contributed by atoms with van der Waals surface area (Å²) >= 11 is 0. The number of nitrogens with two attached hydrogens (primary N) is 1. The first-order chi connectivity index (χ1) is 11.0. The van der Waals surface area contributed by atoms with E-state index in [-0.39, 0.29) is 17.7 Å². The van der Waals surface area contributed by atoms with Gasteiger partial charge in [-0.15, -0.1) is 0 Å². The number of hydrogen-bond donors (Lipinski definition) is 1. The molecule has 1 saturated heterocycles. The molecule has 1 fully saturated rings. The molecule has 1 aliphatic rings. The first-order valence-electron chi connectivity index (χ1n) is 7.53. The average Bonchev–Trinajstić information content (AvgIpc) is 2.59. The lowest BCUT2D eigenvalue weighted by atomic mass is 9.96. The highest BCUT2D eigenvalue weighted by Crippen LogP contribution is 2.28. The summed E-state index contributed by atoms with van der Waals surface area (Å²) in [4.78, 5) is 25.1. The van der Waals surface area contributed by atoms with Gasteiger partial charge in [-0.25, -0.2) is 0 Å². The molecule has 0 aliphatic carbocycles. The summed E-state index contributed by atoms with van der Waals surface area (Å²) in [5.74, 6) is 0.795. The number of nitrogens with zero attached hydrogens (tertiary/aromatic N) is 1. The molecule has 23 heavy (non-hydrogen) atoms. The lowest BCUT2D eigenvalue weighted by Crippen LogP contribution is -2.41. The number of methoxy groups -OCH3 is 2. The molecule has 1 aromatic rings. The second-order valence-corrected chi connectivity index (χ2v) is 5.45. The molecule has 0 atom stereocenters. The molecule has 6 nitrogen and oxygen atoms in total. The highest BCUT2D eigenvalue weighted by Gasteiger charge is 2.24. The van der Waals surface area contributed by atoms with Crippen molar-refractivity contribution in [2.24, 2.45) is 11.7 Å². The maximum Gasteiger partial charge on any atom is 0.246 e. The highest BCUT2D eigenvalue weighted by atomic mass is 16.5. The number of amides is 2. The first kappa shape index (κ1) is 16.9. The third-order valence-corrected chi connectivity index (χ3v) is 4.03. The van der Waals surface area contributed by atoms with Gasteiger partial charge in [0.2, 0.25) is 11.8 Å². The summed E-state index contributed by atoms with van der Waals surface area (Å²) in [7, 11) is 3.14. The van der Waals surface area contributed by atoms with Crippen molar-refractivity contribution >= 4 is 17.9 Å². The Labute approximate surface area is 135 Å². The zero-order valence-corrected chi connectivity index (χ0v) is 13.5. The molecule has 2 amide bonds. The van der Waals surface area contributed by atoms with E-state index in [4.69, 9.17) is 15.2 Å². The van der Waals surface area contributed by atoms with E-state index in [1.54, 1.807) is 31.3 Å². The topological polar surface area (TPSA) is 81.9 Å². The zero-order chi connectivity index (χ0) is 16.8. The molecule has 0 spiro atoms. The second-order valence-electron chi connectivity index (χ2n) is 5.45. The average molecular weight is 318 g/mol. The van der Waals surface area contributed by atoms with Crippen LogP contribution in [0.15, 0.2) is 24.3 Å². The molecule has 0 unspecified atom stereocenters. The maximum absolute atomic E-state index is 12.2. The van der Waals surface area contributed by atoms with Crippen LogP contribution in [0.25, 0.3) is 6.08 Å². The Morgan fingerprint density at radius 3 is 2.39 bits per heavy atom. The number of likely N-dealkylation sites (tertiary alicyclic amines) is 1. The van der Waals surface area contributed by atoms with E-state index in [1.165, 1.54) is 6.08 Å². The summed E-state index contributed by atoms with van der Waals surface area (Å²) < 4.78 is 10.4. The fourth-order valence-electron chi connectivity index (χ4n) is 2.61. The molecule has 124 valence electrons. The standard InChI is InChI=1S/C17H22N2O4/c1-22-14-5-3-12(11-15(14)23-2)4-6-16(20)19-9-7-13(8-10-19)17(18)21/h3-6,11,13H,7-10H2,1-2H3,(H2,18,21)/b6-4+. The Balaban J connectivity index is 1.98. The Kier molecular flexibility index (Phi) is 5.62. The van der Waals surface area contributed by atoms with E-state index in [2.05, 4.69) is 0 Å². The van der Waals surface area contributed by atoms with E-state index < -0.39 is 0 Å². The van der Waals surface area contributed by atoms with Crippen molar-refractivity contribution in [1.82, 2.24) is 4.90 Å². The molecule has 2 rings (SSSR count). The third kappa shape index (κ3) is 4.25. The summed E-state index contributed by atoms with van der Waals surface area (Å²) in [5, 5.41) is 0. The van der Waals surface area contributed by atoms with Gasteiger partial charge < -0.3 is 20.1 Å². The van der Waals surface area contributed by atoms with Crippen molar-refractivity contribution in [3.63, 3.8) is 0 Å². The highest BCUT2D eigenvalue weighted by molar-refractivity contribution is 5.92. The lowest BCUT2D eigenvalue weighted by Gasteiger charge is -2.29. The molecular formula is C17H22N2O4. The smallest absolute Gasteiger partial charge is 0.246 e. The molecule has 1 heterocycles. The zero-order valence-electron chi connectivity index (χ0n) is 13.5. The Morgan fingerprint density at radius 1 is 1.17 bits per heavy atom. The van der Waals surface area contributed by atoms with Crippen LogP contribution in [0.2, 0.25) is 0 Å². The van der Waals surface area contributed by atoms with Crippen molar-refractivity contribution < 1.29 is 19.1 Å². The number of ether oxygens (including phenoxy) is 2. The minimum Gasteiger partial charge on any atom is -0.493 e. The second kappa shape index (κ2) is 7.67. The maximum atomic E-state index is 12.2. The van der Waals surface area contributed by atoms with Crippen LogP contribution in [0.3, 0.4) is 0 Å². The van der Waals surface area contributed by atoms with E-state index in [0.717, 1.165) is 5.56 Å². The van der Waals surface area contributed by atoms with Crippen molar-refractivity contribution in [2.75, 3.05) is 27.3 Å². The fourth-order valence-corrected chi connectivity index (χ4v) is 2.61. The molecule has 0 aromatic heterocycles. The fraction of sp³-hybridized carbons (Fsp3) is 0.412. The Bertz CT molecular complexity index is 605.